The van der Waals surface area contributed by atoms with Gasteiger partial charge in [-0.1, -0.05) is 30.3 Å². The molecule has 0 saturated heterocycles. The lowest BCUT2D eigenvalue weighted by atomic mass is 10.2. The van der Waals surface area contributed by atoms with Gasteiger partial charge in [0.25, 0.3) is 5.56 Å². The van der Waals surface area contributed by atoms with Gasteiger partial charge in [-0.25, -0.2) is 9.78 Å². The first-order chi connectivity index (χ1) is 12.5. The quantitative estimate of drug-likeness (QED) is 0.754. The first kappa shape index (κ1) is 17.3. The zero-order chi connectivity index (χ0) is 18.5. The standard InChI is InChI=1S/C19H18N4O3/c1-14-7-9-20-16(11-14)21-17(24)13-23-18(25)8-10-22(19(23)26)12-15-5-3-2-4-6-15/h2-11H,12-13H2,1H3,(H,20,21,24). The Bertz CT molecular complexity index is 1040. The number of carbonyl (C=O) groups excluding carboxylic acids is 1. The van der Waals surface area contributed by atoms with E-state index >= 15 is 0 Å². The number of pyridine rings is 1. The van der Waals surface area contributed by atoms with Crippen LogP contribution in [0.5, 0.6) is 0 Å². The van der Waals surface area contributed by atoms with Crippen LogP contribution in [0.25, 0.3) is 0 Å². The summed E-state index contributed by atoms with van der Waals surface area (Å²) in [4.78, 5) is 40.9. The molecule has 1 amide bonds. The molecule has 0 spiro atoms. The lowest BCUT2D eigenvalue weighted by molar-refractivity contribution is -0.116. The van der Waals surface area contributed by atoms with Gasteiger partial charge < -0.3 is 5.32 Å². The Morgan fingerprint density at radius 3 is 2.62 bits per heavy atom. The predicted molar refractivity (Wildman–Crippen MR) is 98.1 cm³/mol. The second kappa shape index (κ2) is 7.60. The van der Waals surface area contributed by atoms with Crippen molar-refractivity contribution in [1.82, 2.24) is 14.1 Å². The maximum Gasteiger partial charge on any atom is 0.331 e. The van der Waals surface area contributed by atoms with E-state index in [0.29, 0.717) is 12.4 Å². The predicted octanol–water partition coefficient (Wildman–Crippen LogP) is 1.40. The smallest absolute Gasteiger partial charge is 0.309 e. The van der Waals surface area contributed by atoms with E-state index in [1.54, 1.807) is 18.3 Å². The van der Waals surface area contributed by atoms with Crippen LogP contribution in [0.2, 0.25) is 0 Å². The summed E-state index contributed by atoms with van der Waals surface area (Å²) in [6.45, 7) is 1.82. The number of benzene rings is 1. The summed E-state index contributed by atoms with van der Waals surface area (Å²) in [7, 11) is 0. The van der Waals surface area contributed by atoms with E-state index in [4.69, 9.17) is 0 Å². The highest BCUT2D eigenvalue weighted by molar-refractivity contribution is 5.89. The third kappa shape index (κ3) is 4.13. The molecule has 0 bridgehead atoms. The fourth-order valence-electron chi connectivity index (χ4n) is 2.53. The number of amides is 1. The highest BCUT2D eigenvalue weighted by Gasteiger charge is 2.11. The van der Waals surface area contributed by atoms with E-state index in [1.807, 2.05) is 37.3 Å². The van der Waals surface area contributed by atoms with Crippen LogP contribution < -0.4 is 16.6 Å². The van der Waals surface area contributed by atoms with Crippen molar-refractivity contribution in [3.05, 3.63) is 92.9 Å². The molecule has 1 N–H and O–H groups in total. The fourth-order valence-corrected chi connectivity index (χ4v) is 2.53. The fraction of sp³-hybridized carbons (Fsp3) is 0.158. The number of rotatable bonds is 5. The SMILES string of the molecule is Cc1ccnc(NC(=O)Cn2c(=O)ccn(Cc3ccccc3)c2=O)c1. The molecule has 0 aliphatic heterocycles. The van der Waals surface area contributed by atoms with Crippen molar-refractivity contribution in [3.8, 4) is 0 Å². The Morgan fingerprint density at radius 1 is 1.12 bits per heavy atom. The maximum atomic E-state index is 12.6. The van der Waals surface area contributed by atoms with Gasteiger partial charge in [-0.2, -0.15) is 0 Å². The molecule has 26 heavy (non-hydrogen) atoms. The van der Waals surface area contributed by atoms with Crippen molar-refractivity contribution < 1.29 is 4.79 Å². The van der Waals surface area contributed by atoms with Crippen LogP contribution in [-0.4, -0.2) is 20.0 Å². The molecule has 3 rings (SSSR count). The normalized spacial score (nSPS) is 10.5. The Morgan fingerprint density at radius 2 is 1.88 bits per heavy atom. The molecule has 3 aromatic rings. The van der Waals surface area contributed by atoms with Gasteiger partial charge in [0.1, 0.15) is 12.4 Å². The molecule has 2 heterocycles. The summed E-state index contributed by atoms with van der Waals surface area (Å²) in [5.74, 6) is -0.108. The van der Waals surface area contributed by atoms with Gasteiger partial charge in [0.2, 0.25) is 5.91 Å². The highest BCUT2D eigenvalue weighted by Crippen LogP contribution is 2.05. The monoisotopic (exact) mass is 350 g/mol. The van der Waals surface area contributed by atoms with Crippen molar-refractivity contribution in [1.29, 1.82) is 0 Å². The molecule has 132 valence electrons. The summed E-state index contributed by atoms with van der Waals surface area (Å²) in [5, 5.41) is 2.60. The first-order valence-corrected chi connectivity index (χ1v) is 8.09. The number of aryl methyl sites for hydroxylation is 1. The molecule has 0 fully saturated rings. The average molecular weight is 350 g/mol. The van der Waals surface area contributed by atoms with Crippen molar-refractivity contribution in [3.63, 3.8) is 0 Å². The summed E-state index contributed by atoms with van der Waals surface area (Å²) in [6, 6.07) is 14.2. The van der Waals surface area contributed by atoms with Crippen LogP contribution in [0.4, 0.5) is 5.82 Å². The van der Waals surface area contributed by atoms with Gasteiger partial charge >= 0.3 is 5.69 Å². The third-order valence-electron chi connectivity index (χ3n) is 3.82. The number of carbonyl (C=O) groups is 1. The summed E-state index contributed by atoms with van der Waals surface area (Å²) in [5.41, 5.74) is 0.811. The molecular formula is C19H18N4O3. The summed E-state index contributed by atoms with van der Waals surface area (Å²) in [6.07, 6.45) is 3.01. The molecule has 0 radical (unpaired) electrons. The summed E-state index contributed by atoms with van der Waals surface area (Å²) < 4.78 is 2.31. The van der Waals surface area contributed by atoms with Crippen molar-refractivity contribution >= 4 is 11.7 Å². The lowest BCUT2D eigenvalue weighted by Gasteiger charge is -2.10. The molecule has 0 aliphatic rings. The van der Waals surface area contributed by atoms with Crippen molar-refractivity contribution in [2.24, 2.45) is 0 Å². The number of nitrogens with one attached hydrogen (secondary N) is 1. The highest BCUT2D eigenvalue weighted by atomic mass is 16.2. The number of hydrogen-bond acceptors (Lipinski definition) is 4. The van der Waals surface area contributed by atoms with Crippen molar-refractivity contribution in [2.75, 3.05) is 5.32 Å². The van der Waals surface area contributed by atoms with E-state index in [1.165, 1.54) is 16.8 Å². The molecule has 0 aliphatic carbocycles. The van der Waals surface area contributed by atoms with E-state index in [0.717, 1.165) is 15.7 Å². The molecule has 0 saturated carbocycles. The topological polar surface area (TPSA) is 86.0 Å². The van der Waals surface area contributed by atoms with Gasteiger partial charge in [-0.15, -0.1) is 0 Å². The van der Waals surface area contributed by atoms with Crippen LogP contribution in [-0.2, 0) is 17.9 Å². The van der Waals surface area contributed by atoms with Gasteiger partial charge in [-0.3, -0.25) is 18.7 Å². The van der Waals surface area contributed by atoms with Gasteiger partial charge in [0, 0.05) is 18.5 Å². The first-order valence-electron chi connectivity index (χ1n) is 8.09. The molecule has 1 aromatic carbocycles. The Kier molecular flexibility index (Phi) is 5.07. The summed E-state index contributed by atoms with van der Waals surface area (Å²) >= 11 is 0. The van der Waals surface area contributed by atoms with E-state index in [2.05, 4.69) is 10.3 Å². The molecule has 0 unspecified atom stereocenters. The van der Waals surface area contributed by atoms with Crippen LogP contribution >= 0.6 is 0 Å². The lowest BCUT2D eigenvalue weighted by Crippen LogP contribution is -2.41. The molecule has 7 heteroatoms. The van der Waals surface area contributed by atoms with Gasteiger partial charge in [0.05, 0.1) is 6.54 Å². The van der Waals surface area contributed by atoms with Gasteiger partial charge in [-0.05, 0) is 30.2 Å². The van der Waals surface area contributed by atoms with Crippen LogP contribution in [0.3, 0.4) is 0 Å². The zero-order valence-corrected chi connectivity index (χ0v) is 14.3. The van der Waals surface area contributed by atoms with E-state index < -0.39 is 17.2 Å². The minimum absolute atomic E-state index is 0.320. The van der Waals surface area contributed by atoms with Crippen LogP contribution in [0.1, 0.15) is 11.1 Å². The van der Waals surface area contributed by atoms with Crippen LogP contribution in [0, 0.1) is 6.92 Å². The second-order valence-corrected chi connectivity index (χ2v) is 5.90. The molecule has 7 nitrogen and oxygen atoms in total. The maximum absolute atomic E-state index is 12.6. The number of nitrogens with zero attached hydrogens (tertiary/aromatic N) is 3. The number of anilines is 1. The Balaban J connectivity index is 1.81. The number of aromatic nitrogens is 3. The minimum atomic E-state index is -0.534. The average Bonchev–Trinajstić information content (AvgIpc) is 2.62. The Labute approximate surface area is 149 Å². The number of hydrogen-bond donors (Lipinski definition) is 1. The largest absolute Gasteiger partial charge is 0.331 e. The van der Waals surface area contributed by atoms with E-state index in [-0.39, 0.29) is 6.54 Å². The van der Waals surface area contributed by atoms with E-state index in [9.17, 15) is 14.4 Å². The molecule has 2 aromatic heterocycles. The minimum Gasteiger partial charge on any atom is -0.309 e. The molecule has 0 atom stereocenters. The Hall–Kier alpha value is -3.48. The molecular weight excluding hydrogens is 332 g/mol. The van der Waals surface area contributed by atoms with Crippen LogP contribution in [0.15, 0.2) is 70.5 Å². The second-order valence-electron chi connectivity index (χ2n) is 5.90. The third-order valence-corrected chi connectivity index (χ3v) is 3.82. The van der Waals surface area contributed by atoms with Gasteiger partial charge in [0.15, 0.2) is 0 Å². The van der Waals surface area contributed by atoms with Crippen molar-refractivity contribution in [2.45, 2.75) is 20.0 Å². The zero-order valence-electron chi connectivity index (χ0n) is 14.3.